The summed E-state index contributed by atoms with van der Waals surface area (Å²) in [7, 11) is -4.43. The number of hydrogen-bond donors (Lipinski definition) is 1. The second-order valence-corrected chi connectivity index (χ2v) is 6.28. The predicted octanol–water partition coefficient (Wildman–Crippen LogP) is 1.50. The van der Waals surface area contributed by atoms with E-state index in [-0.39, 0.29) is 0 Å². The van der Waals surface area contributed by atoms with Crippen LogP contribution in [0.4, 0.5) is 32.0 Å². The van der Waals surface area contributed by atoms with Crippen molar-refractivity contribution < 1.29 is 49.1 Å². The summed E-state index contributed by atoms with van der Waals surface area (Å²) < 4.78 is 99.8. The van der Waals surface area contributed by atoms with E-state index >= 15 is 0 Å². The van der Waals surface area contributed by atoms with Crippen LogP contribution in [-0.2, 0) is 24.4 Å². The molecule has 0 aliphatic heterocycles. The average Bonchev–Trinajstić information content (AvgIpc) is 2.44. The van der Waals surface area contributed by atoms with Crippen molar-refractivity contribution in [3.63, 3.8) is 0 Å². The van der Waals surface area contributed by atoms with Crippen molar-refractivity contribution in [2.45, 2.75) is 24.2 Å². The Morgan fingerprint density at radius 2 is 1.27 bits per heavy atom. The zero-order valence-electron chi connectivity index (χ0n) is 12.5. The summed E-state index contributed by atoms with van der Waals surface area (Å²) >= 11 is 0. The Morgan fingerprint density at radius 1 is 0.885 bits per heavy atom. The number of benzene rings is 1. The number of alkyl halides is 6. The average molecular weight is 406 g/mol. The van der Waals surface area contributed by atoms with Gasteiger partial charge in [0.2, 0.25) is 5.91 Å². The lowest BCUT2D eigenvalue weighted by Gasteiger charge is -2.23. The first-order valence-electron chi connectivity index (χ1n) is 6.23. The van der Waals surface area contributed by atoms with Gasteiger partial charge in [-0.05, 0) is 24.3 Å². The van der Waals surface area contributed by atoms with E-state index in [1.54, 1.807) is 0 Å². The zero-order chi connectivity index (χ0) is 20.5. The molecule has 0 saturated carbocycles. The summed E-state index contributed by atoms with van der Waals surface area (Å²) in [5.41, 5.74) is -1.17. The normalized spacial score (nSPS) is 12.4. The number of carbonyl (C=O) groups is 3. The number of halogens is 6. The van der Waals surface area contributed by atoms with Crippen LogP contribution in [0, 0.1) is 0 Å². The van der Waals surface area contributed by atoms with Gasteiger partial charge in [-0.3, -0.25) is 14.4 Å². The highest BCUT2D eigenvalue weighted by Crippen LogP contribution is 2.29. The van der Waals surface area contributed by atoms with Crippen molar-refractivity contribution in [1.29, 1.82) is 0 Å². The topological polar surface area (TPSA) is 101 Å². The Kier molecular flexibility index (Phi) is 5.71. The van der Waals surface area contributed by atoms with Crippen molar-refractivity contribution >= 4 is 33.4 Å². The summed E-state index contributed by atoms with van der Waals surface area (Å²) in [6, 6.07) is 1.78. The fourth-order valence-corrected chi connectivity index (χ4v) is 2.59. The fraction of sp³-hybridized carbons (Fsp3) is 0.250. The monoisotopic (exact) mass is 406 g/mol. The molecular weight excluding hydrogens is 398 g/mol. The third-order valence-electron chi connectivity index (χ3n) is 2.57. The smallest absolute Gasteiger partial charge is 0.274 e. The second kappa shape index (κ2) is 6.93. The predicted molar refractivity (Wildman–Crippen MR) is 72.0 cm³/mol. The first-order valence-corrected chi connectivity index (χ1v) is 7.71. The lowest BCUT2D eigenvalue weighted by Crippen LogP contribution is -2.50. The number of carbonyl (C=O) groups excluding carboxylic acids is 3. The van der Waals surface area contributed by atoms with E-state index < -0.39 is 55.6 Å². The number of imide groups is 1. The molecule has 0 spiro atoms. The summed E-state index contributed by atoms with van der Waals surface area (Å²) in [6.45, 7) is 0.845. The van der Waals surface area contributed by atoms with E-state index in [1.165, 1.54) is 4.72 Å². The molecule has 0 fully saturated rings. The van der Waals surface area contributed by atoms with Gasteiger partial charge in [0.1, 0.15) is 0 Å². The van der Waals surface area contributed by atoms with E-state index in [4.69, 9.17) is 0 Å². The van der Waals surface area contributed by atoms with Gasteiger partial charge in [-0.2, -0.15) is 26.3 Å². The molecule has 0 aliphatic carbocycles. The quantitative estimate of drug-likeness (QED) is 0.767. The summed E-state index contributed by atoms with van der Waals surface area (Å²) in [6.07, 6.45) is -11.6. The SMILES string of the molecule is CC(=O)NS(=O)(=O)c1ccc(N(C(=O)C(F)(F)F)C(=O)C(F)(F)F)cc1. The third kappa shape index (κ3) is 4.93. The summed E-state index contributed by atoms with van der Waals surface area (Å²) in [5, 5.41) is 0. The molecule has 0 aromatic heterocycles. The van der Waals surface area contributed by atoms with Crippen LogP contribution in [-0.4, -0.2) is 38.5 Å². The number of hydrogen-bond acceptors (Lipinski definition) is 5. The van der Waals surface area contributed by atoms with Gasteiger partial charge in [-0.15, -0.1) is 0 Å². The van der Waals surface area contributed by atoms with Crippen molar-refractivity contribution in [2.75, 3.05) is 4.90 Å². The van der Waals surface area contributed by atoms with Crippen LogP contribution in [0.25, 0.3) is 0 Å². The molecule has 14 heteroatoms. The van der Waals surface area contributed by atoms with Gasteiger partial charge < -0.3 is 0 Å². The van der Waals surface area contributed by atoms with Gasteiger partial charge in [0, 0.05) is 6.92 Å². The molecule has 144 valence electrons. The highest BCUT2D eigenvalue weighted by atomic mass is 32.2. The Balaban J connectivity index is 3.39. The molecule has 0 aliphatic rings. The van der Waals surface area contributed by atoms with Gasteiger partial charge in [0.25, 0.3) is 10.0 Å². The maximum atomic E-state index is 12.5. The van der Waals surface area contributed by atoms with Crippen molar-refractivity contribution in [3.05, 3.63) is 24.3 Å². The van der Waals surface area contributed by atoms with Crippen LogP contribution in [0.15, 0.2) is 29.2 Å². The van der Waals surface area contributed by atoms with Crippen LogP contribution in [0.5, 0.6) is 0 Å². The Labute approximate surface area is 141 Å². The van der Waals surface area contributed by atoms with Crippen LogP contribution < -0.4 is 9.62 Å². The molecule has 3 amide bonds. The molecule has 7 nitrogen and oxygen atoms in total. The van der Waals surface area contributed by atoms with Gasteiger partial charge >= 0.3 is 24.2 Å². The fourth-order valence-electron chi connectivity index (χ4n) is 1.60. The van der Waals surface area contributed by atoms with Crippen LogP contribution in [0.2, 0.25) is 0 Å². The van der Waals surface area contributed by atoms with Crippen LogP contribution >= 0.6 is 0 Å². The summed E-state index contributed by atoms with van der Waals surface area (Å²) in [4.78, 5) is 31.3. The van der Waals surface area contributed by atoms with E-state index in [1.807, 2.05) is 0 Å². The lowest BCUT2D eigenvalue weighted by atomic mass is 10.2. The van der Waals surface area contributed by atoms with E-state index in [0.29, 0.717) is 24.3 Å². The molecule has 0 radical (unpaired) electrons. The highest BCUT2D eigenvalue weighted by Gasteiger charge is 2.52. The first kappa shape index (κ1) is 21.4. The maximum absolute atomic E-state index is 12.5. The van der Waals surface area contributed by atoms with Gasteiger partial charge in [-0.25, -0.2) is 18.0 Å². The number of nitrogens with one attached hydrogen (secondary N) is 1. The third-order valence-corrected chi connectivity index (χ3v) is 4.02. The minimum Gasteiger partial charge on any atom is -0.274 e. The van der Waals surface area contributed by atoms with Gasteiger partial charge in [0.15, 0.2) is 0 Å². The standard InChI is InChI=1S/C12H8F6N2O5S/c1-6(21)19-26(24,25)8-4-2-7(3-5-8)20(9(22)11(13,14)15)10(23)12(16,17)18/h2-5H,1H3,(H,19,21). The van der Waals surface area contributed by atoms with Gasteiger partial charge in [-0.1, -0.05) is 0 Å². The lowest BCUT2D eigenvalue weighted by molar-refractivity contribution is -0.181. The number of sulfonamides is 1. The van der Waals surface area contributed by atoms with Gasteiger partial charge in [0.05, 0.1) is 10.6 Å². The van der Waals surface area contributed by atoms with Crippen molar-refractivity contribution in [3.8, 4) is 0 Å². The van der Waals surface area contributed by atoms with Crippen molar-refractivity contribution in [2.24, 2.45) is 0 Å². The maximum Gasteiger partial charge on any atom is 0.472 e. The molecular formula is C12H8F6N2O5S. The molecule has 0 unspecified atom stereocenters. The molecule has 0 atom stereocenters. The molecule has 0 saturated heterocycles. The molecule has 1 aromatic rings. The number of rotatable bonds is 3. The van der Waals surface area contributed by atoms with E-state index in [9.17, 15) is 49.1 Å². The van der Waals surface area contributed by atoms with E-state index in [0.717, 1.165) is 6.92 Å². The minimum absolute atomic E-state index is 0.377. The highest BCUT2D eigenvalue weighted by molar-refractivity contribution is 7.90. The largest absolute Gasteiger partial charge is 0.472 e. The summed E-state index contributed by atoms with van der Waals surface area (Å²) in [5.74, 6) is -7.23. The number of amides is 3. The number of anilines is 1. The molecule has 1 aromatic carbocycles. The minimum atomic E-state index is -5.80. The number of nitrogens with zero attached hydrogens (tertiary/aromatic N) is 1. The molecule has 0 bridgehead atoms. The van der Waals surface area contributed by atoms with Crippen LogP contribution in [0.3, 0.4) is 0 Å². The Hall–Kier alpha value is -2.64. The molecule has 0 heterocycles. The van der Waals surface area contributed by atoms with Crippen LogP contribution in [0.1, 0.15) is 6.92 Å². The second-order valence-electron chi connectivity index (χ2n) is 4.60. The van der Waals surface area contributed by atoms with E-state index in [2.05, 4.69) is 0 Å². The Bertz CT molecular complexity index is 803. The molecule has 1 N–H and O–H groups in total. The first-order chi connectivity index (χ1) is 11.6. The molecule has 1 rings (SSSR count). The zero-order valence-corrected chi connectivity index (χ0v) is 13.3. The Morgan fingerprint density at radius 3 is 1.58 bits per heavy atom. The molecule has 26 heavy (non-hydrogen) atoms. The van der Waals surface area contributed by atoms with Crippen molar-refractivity contribution in [1.82, 2.24) is 4.72 Å².